The van der Waals surface area contributed by atoms with Crippen molar-refractivity contribution in [1.82, 2.24) is 4.90 Å². The van der Waals surface area contributed by atoms with Crippen molar-refractivity contribution >= 4 is 23.5 Å². The summed E-state index contributed by atoms with van der Waals surface area (Å²) in [5, 5.41) is 0. The average molecular weight is 330 g/mol. The van der Waals surface area contributed by atoms with Crippen LogP contribution in [0.5, 0.6) is 0 Å². The van der Waals surface area contributed by atoms with E-state index < -0.39 is 6.04 Å². The van der Waals surface area contributed by atoms with E-state index in [4.69, 9.17) is 4.74 Å². The van der Waals surface area contributed by atoms with Crippen molar-refractivity contribution in [2.24, 2.45) is 0 Å². The predicted molar refractivity (Wildman–Crippen MR) is 88.7 cm³/mol. The van der Waals surface area contributed by atoms with E-state index in [0.29, 0.717) is 31.5 Å². The SMILES string of the molecule is COC(=O)C1CCCCN1C(=O)c1cccc(N2CCCC2=O)c1. The van der Waals surface area contributed by atoms with E-state index in [9.17, 15) is 14.4 Å². The molecule has 2 amide bonds. The lowest BCUT2D eigenvalue weighted by atomic mass is 10.0. The zero-order valence-corrected chi connectivity index (χ0v) is 13.9. The fourth-order valence-corrected chi connectivity index (χ4v) is 3.45. The Hall–Kier alpha value is -2.37. The van der Waals surface area contributed by atoms with Gasteiger partial charge in [0.15, 0.2) is 0 Å². The first kappa shape index (κ1) is 16.5. The number of likely N-dealkylation sites (tertiary alicyclic amines) is 1. The molecule has 0 saturated carbocycles. The fraction of sp³-hybridized carbons (Fsp3) is 0.500. The third-order valence-corrected chi connectivity index (χ3v) is 4.72. The van der Waals surface area contributed by atoms with Crippen LogP contribution in [0.2, 0.25) is 0 Å². The Morgan fingerprint density at radius 2 is 2.00 bits per heavy atom. The van der Waals surface area contributed by atoms with Crippen LogP contribution in [0.3, 0.4) is 0 Å². The topological polar surface area (TPSA) is 66.9 Å². The molecule has 6 nitrogen and oxygen atoms in total. The van der Waals surface area contributed by atoms with Crippen molar-refractivity contribution in [3.63, 3.8) is 0 Å². The summed E-state index contributed by atoms with van der Waals surface area (Å²) in [6.07, 6.45) is 3.81. The molecule has 0 spiro atoms. The van der Waals surface area contributed by atoms with Crippen LogP contribution in [0.1, 0.15) is 42.5 Å². The molecule has 1 aromatic rings. The molecular formula is C18H22N2O4. The number of benzene rings is 1. The molecule has 0 aromatic heterocycles. The summed E-state index contributed by atoms with van der Waals surface area (Å²) in [4.78, 5) is 40.1. The zero-order chi connectivity index (χ0) is 17.1. The second-order valence-corrected chi connectivity index (χ2v) is 6.23. The van der Waals surface area contributed by atoms with Crippen LogP contribution in [-0.2, 0) is 14.3 Å². The average Bonchev–Trinajstić information content (AvgIpc) is 3.06. The van der Waals surface area contributed by atoms with Crippen LogP contribution in [-0.4, -0.2) is 48.9 Å². The molecule has 1 atom stereocenters. The number of carbonyl (C=O) groups excluding carboxylic acids is 3. The van der Waals surface area contributed by atoms with E-state index >= 15 is 0 Å². The maximum absolute atomic E-state index is 12.9. The van der Waals surface area contributed by atoms with Crippen LogP contribution in [0.15, 0.2) is 24.3 Å². The molecular weight excluding hydrogens is 308 g/mol. The van der Waals surface area contributed by atoms with Gasteiger partial charge in [0, 0.05) is 30.8 Å². The van der Waals surface area contributed by atoms with E-state index in [1.165, 1.54) is 7.11 Å². The third-order valence-electron chi connectivity index (χ3n) is 4.72. The highest BCUT2D eigenvalue weighted by Crippen LogP contribution is 2.25. The molecule has 1 aromatic carbocycles. The summed E-state index contributed by atoms with van der Waals surface area (Å²) in [7, 11) is 1.35. The maximum Gasteiger partial charge on any atom is 0.328 e. The van der Waals surface area contributed by atoms with E-state index in [1.807, 2.05) is 6.07 Å². The Bertz CT molecular complexity index is 658. The molecule has 6 heteroatoms. The highest BCUT2D eigenvalue weighted by Gasteiger charge is 2.33. The number of piperidine rings is 1. The number of nitrogens with zero attached hydrogens (tertiary/aromatic N) is 2. The van der Waals surface area contributed by atoms with Gasteiger partial charge in [-0.25, -0.2) is 4.79 Å². The predicted octanol–water partition coefficient (Wildman–Crippen LogP) is 1.98. The Labute approximate surface area is 141 Å². The van der Waals surface area contributed by atoms with Crippen LogP contribution in [0.25, 0.3) is 0 Å². The number of methoxy groups -OCH3 is 1. The molecule has 2 fully saturated rings. The van der Waals surface area contributed by atoms with Crippen molar-refractivity contribution in [3.8, 4) is 0 Å². The number of ether oxygens (including phenoxy) is 1. The third kappa shape index (κ3) is 3.13. The van der Waals surface area contributed by atoms with Gasteiger partial charge in [-0.15, -0.1) is 0 Å². The van der Waals surface area contributed by atoms with Gasteiger partial charge in [-0.3, -0.25) is 9.59 Å². The first-order valence-electron chi connectivity index (χ1n) is 8.41. The van der Waals surface area contributed by atoms with Crippen LogP contribution in [0, 0.1) is 0 Å². The number of esters is 1. The summed E-state index contributed by atoms with van der Waals surface area (Å²) < 4.78 is 4.84. The molecule has 2 saturated heterocycles. The van der Waals surface area contributed by atoms with Gasteiger partial charge in [0.1, 0.15) is 6.04 Å². The minimum Gasteiger partial charge on any atom is -0.467 e. The normalized spacial score (nSPS) is 21.0. The van der Waals surface area contributed by atoms with E-state index in [0.717, 1.165) is 24.9 Å². The van der Waals surface area contributed by atoms with Gasteiger partial charge in [0.2, 0.25) is 5.91 Å². The lowest BCUT2D eigenvalue weighted by molar-refractivity contribution is -0.147. The molecule has 2 heterocycles. The number of carbonyl (C=O) groups is 3. The van der Waals surface area contributed by atoms with Gasteiger partial charge in [0.25, 0.3) is 5.91 Å². The molecule has 2 aliphatic rings. The maximum atomic E-state index is 12.9. The number of rotatable bonds is 3. The van der Waals surface area contributed by atoms with Crippen LogP contribution >= 0.6 is 0 Å². The van der Waals surface area contributed by atoms with E-state index in [-0.39, 0.29) is 17.8 Å². The minimum atomic E-state index is -0.520. The second-order valence-electron chi connectivity index (χ2n) is 6.23. The standard InChI is InChI=1S/C18H22N2O4/c1-24-18(23)15-8-2-3-10-20(15)17(22)13-6-4-7-14(12-13)19-11-5-9-16(19)21/h4,6-7,12,15H,2-3,5,8-11H2,1H3. The lowest BCUT2D eigenvalue weighted by Gasteiger charge is -2.34. The molecule has 128 valence electrons. The Morgan fingerprint density at radius 3 is 2.71 bits per heavy atom. The number of hydrogen-bond donors (Lipinski definition) is 0. The fourth-order valence-electron chi connectivity index (χ4n) is 3.45. The second kappa shape index (κ2) is 7.03. The number of anilines is 1. The van der Waals surface area contributed by atoms with Gasteiger partial charge in [-0.05, 0) is 43.9 Å². The summed E-state index contributed by atoms with van der Waals surface area (Å²) in [5.41, 5.74) is 1.25. The van der Waals surface area contributed by atoms with Crippen molar-refractivity contribution < 1.29 is 19.1 Å². The number of amides is 2. The Balaban J connectivity index is 1.83. The zero-order valence-electron chi connectivity index (χ0n) is 13.9. The van der Waals surface area contributed by atoms with E-state index in [2.05, 4.69) is 0 Å². The van der Waals surface area contributed by atoms with Crippen LogP contribution < -0.4 is 4.90 Å². The van der Waals surface area contributed by atoms with Gasteiger partial charge in [0.05, 0.1) is 7.11 Å². The summed E-state index contributed by atoms with van der Waals surface area (Å²) >= 11 is 0. The molecule has 24 heavy (non-hydrogen) atoms. The monoisotopic (exact) mass is 330 g/mol. The largest absolute Gasteiger partial charge is 0.467 e. The first-order chi connectivity index (χ1) is 11.6. The summed E-state index contributed by atoms with van der Waals surface area (Å²) in [6, 6.07) is 6.58. The number of hydrogen-bond acceptors (Lipinski definition) is 4. The van der Waals surface area contributed by atoms with E-state index in [1.54, 1.807) is 28.0 Å². The first-order valence-corrected chi connectivity index (χ1v) is 8.41. The minimum absolute atomic E-state index is 0.0880. The molecule has 0 bridgehead atoms. The van der Waals surface area contributed by atoms with Gasteiger partial charge >= 0.3 is 5.97 Å². The molecule has 3 rings (SSSR count). The summed E-state index contributed by atoms with van der Waals surface area (Å²) in [5.74, 6) is -0.461. The lowest BCUT2D eigenvalue weighted by Crippen LogP contribution is -2.48. The van der Waals surface area contributed by atoms with Crippen molar-refractivity contribution in [1.29, 1.82) is 0 Å². The Morgan fingerprint density at radius 1 is 1.17 bits per heavy atom. The van der Waals surface area contributed by atoms with Crippen LogP contribution in [0.4, 0.5) is 5.69 Å². The molecule has 1 unspecified atom stereocenters. The smallest absolute Gasteiger partial charge is 0.328 e. The Kier molecular flexibility index (Phi) is 4.83. The van der Waals surface area contributed by atoms with Gasteiger partial charge in [-0.2, -0.15) is 0 Å². The quantitative estimate of drug-likeness (QED) is 0.795. The van der Waals surface area contributed by atoms with Gasteiger partial charge in [-0.1, -0.05) is 6.07 Å². The summed E-state index contributed by atoms with van der Waals surface area (Å²) in [6.45, 7) is 1.23. The molecule has 0 N–H and O–H groups in total. The van der Waals surface area contributed by atoms with Crippen molar-refractivity contribution in [3.05, 3.63) is 29.8 Å². The molecule has 2 aliphatic heterocycles. The molecule has 0 aliphatic carbocycles. The van der Waals surface area contributed by atoms with Crippen molar-refractivity contribution in [2.45, 2.75) is 38.1 Å². The highest BCUT2D eigenvalue weighted by atomic mass is 16.5. The van der Waals surface area contributed by atoms with Crippen molar-refractivity contribution in [2.75, 3.05) is 25.1 Å². The highest BCUT2D eigenvalue weighted by molar-refractivity contribution is 6.00. The molecule has 0 radical (unpaired) electrons. The van der Waals surface area contributed by atoms with Gasteiger partial charge < -0.3 is 14.5 Å².